The molecular weight excluding hydrogens is 350 g/mol. The predicted octanol–water partition coefficient (Wildman–Crippen LogP) is 4.03. The molecule has 0 spiro atoms. The monoisotopic (exact) mass is 375 g/mol. The lowest BCUT2D eigenvalue weighted by atomic mass is 10.0. The standard InChI is InChI=1S/C23H25N3S/c27-23(24-17-19-7-2-1-3-8-19)26-15-13-25(14-16-26)18-21-11-6-10-20-9-4-5-12-22(20)21/h1-12H,13-18H2,(H,24,27). The smallest absolute Gasteiger partial charge is 0.169 e. The molecule has 0 unspecified atom stereocenters. The van der Waals surface area contributed by atoms with Gasteiger partial charge in [0.1, 0.15) is 0 Å². The SMILES string of the molecule is S=C(NCc1ccccc1)N1CCN(Cc2cccc3ccccc23)CC1. The van der Waals surface area contributed by atoms with Crippen molar-refractivity contribution in [3.05, 3.63) is 83.9 Å². The summed E-state index contributed by atoms with van der Waals surface area (Å²) in [6, 6.07) is 25.7. The van der Waals surface area contributed by atoms with Crippen molar-refractivity contribution in [2.24, 2.45) is 0 Å². The van der Waals surface area contributed by atoms with Gasteiger partial charge in [0.05, 0.1) is 0 Å². The van der Waals surface area contributed by atoms with E-state index in [1.165, 1.54) is 21.9 Å². The Hall–Kier alpha value is -2.43. The van der Waals surface area contributed by atoms with Crippen LogP contribution >= 0.6 is 12.2 Å². The minimum Gasteiger partial charge on any atom is -0.358 e. The Bertz CT molecular complexity index is 896. The van der Waals surface area contributed by atoms with Gasteiger partial charge >= 0.3 is 0 Å². The average molecular weight is 376 g/mol. The van der Waals surface area contributed by atoms with Crippen LogP contribution < -0.4 is 5.32 Å². The van der Waals surface area contributed by atoms with Crippen LogP contribution in [0, 0.1) is 0 Å². The molecule has 0 bridgehead atoms. The summed E-state index contributed by atoms with van der Waals surface area (Å²) in [6.45, 7) is 5.82. The summed E-state index contributed by atoms with van der Waals surface area (Å²) in [5.41, 5.74) is 2.67. The highest BCUT2D eigenvalue weighted by Gasteiger charge is 2.19. The van der Waals surface area contributed by atoms with Crippen molar-refractivity contribution in [1.82, 2.24) is 15.1 Å². The van der Waals surface area contributed by atoms with Crippen molar-refractivity contribution in [1.29, 1.82) is 0 Å². The molecule has 1 aliphatic heterocycles. The van der Waals surface area contributed by atoms with Crippen LogP contribution in [0.1, 0.15) is 11.1 Å². The summed E-state index contributed by atoms with van der Waals surface area (Å²) >= 11 is 5.60. The first-order valence-corrected chi connectivity index (χ1v) is 9.96. The Labute approximate surface area is 166 Å². The lowest BCUT2D eigenvalue weighted by Gasteiger charge is -2.36. The maximum absolute atomic E-state index is 5.60. The molecule has 27 heavy (non-hydrogen) atoms. The fourth-order valence-corrected chi connectivity index (χ4v) is 3.92. The summed E-state index contributed by atoms with van der Waals surface area (Å²) < 4.78 is 0. The van der Waals surface area contributed by atoms with Gasteiger partial charge in [0.15, 0.2) is 5.11 Å². The van der Waals surface area contributed by atoms with Gasteiger partial charge in [-0.3, -0.25) is 4.90 Å². The van der Waals surface area contributed by atoms with Gasteiger partial charge in [-0.05, 0) is 34.1 Å². The number of nitrogens with zero attached hydrogens (tertiary/aromatic N) is 2. The molecule has 1 fully saturated rings. The highest BCUT2D eigenvalue weighted by Crippen LogP contribution is 2.20. The molecule has 1 N–H and O–H groups in total. The number of benzene rings is 3. The summed E-state index contributed by atoms with van der Waals surface area (Å²) in [5.74, 6) is 0. The van der Waals surface area contributed by atoms with Crippen LogP contribution in [0.25, 0.3) is 10.8 Å². The molecule has 0 radical (unpaired) electrons. The van der Waals surface area contributed by atoms with Crippen molar-refractivity contribution < 1.29 is 0 Å². The lowest BCUT2D eigenvalue weighted by molar-refractivity contribution is 0.175. The molecule has 0 aliphatic carbocycles. The Balaban J connectivity index is 1.30. The van der Waals surface area contributed by atoms with Crippen LogP contribution in [0.3, 0.4) is 0 Å². The minimum atomic E-state index is 0.788. The maximum Gasteiger partial charge on any atom is 0.169 e. The van der Waals surface area contributed by atoms with Crippen LogP contribution in [-0.4, -0.2) is 41.1 Å². The molecule has 0 saturated carbocycles. The first-order chi connectivity index (χ1) is 13.3. The number of rotatable bonds is 4. The quantitative estimate of drug-likeness (QED) is 0.694. The second kappa shape index (κ2) is 8.51. The number of hydrogen-bond acceptors (Lipinski definition) is 2. The van der Waals surface area contributed by atoms with E-state index in [0.29, 0.717) is 0 Å². The van der Waals surface area contributed by atoms with Crippen molar-refractivity contribution in [3.63, 3.8) is 0 Å². The zero-order chi connectivity index (χ0) is 18.5. The fourth-order valence-electron chi connectivity index (χ4n) is 3.67. The van der Waals surface area contributed by atoms with E-state index >= 15 is 0 Å². The number of piperazine rings is 1. The van der Waals surface area contributed by atoms with E-state index in [-0.39, 0.29) is 0 Å². The van der Waals surface area contributed by atoms with E-state index in [1.54, 1.807) is 0 Å². The second-order valence-electron chi connectivity index (χ2n) is 7.05. The van der Waals surface area contributed by atoms with Crippen LogP contribution in [0.2, 0.25) is 0 Å². The van der Waals surface area contributed by atoms with E-state index in [0.717, 1.165) is 44.4 Å². The molecule has 4 heteroatoms. The maximum atomic E-state index is 5.60. The molecular formula is C23H25N3S. The fraction of sp³-hybridized carbons (Fsp3) is 0.261. The summed E-state index contributed by atoms with van der Waals surface area (Å²) in [7, 11) is 0. The van der Waals surface area contributed by atoms with E-state index in [1.807, 2.05) is 6.07 Å². The third-order valence-corrected chi connectivity index (χ3v) is 5.62. The number of nitrogens with one attached hydrogen (secondary N) is 1. The summed E-state index contributed by atoms with van der Waals surface area (Å²) in [6.07, 6.45) is 0. The molecule has 3 nitrogen and oxygen atoms in total. The van der Waals surface area contributed by atoms with Crippen molar-refractivity contribution in [2.45, 2.75) is 13.1 Å². The van der Waals surface area contributed by atoms with Gasteiger partial charge in [-0.1, -0.05) is 72.8 Å². The van der Waals surface area contributed by atoms with Gasteiger partial charge in [-0.15, -0.1) is 0 Å². The van der Waals surface area contributed by atoms with Gasteiger partial charge in [0, 0.05) is 39.3 Å². The van der Waals surface area contributed by atoms with Crippen molar-refractivity contribution in [2.75, 3.05) is 26.2 Å². The van der Waals surface area contributed by atoms with Gasteiger partial charge in [0.25, 0.3) is 0 Å². The topological polar surface area (TPSA) is 18.5 Å². The zero-order valence-electron chi connectivity index (χ0n) is 15.5. The van der Waals surface area contributed by atoms with Gasteiger partial charge in [-0.2, -0.15) is 0 Å². The molecule has 138 valence electrons. The molecule has 0 amide bonds. The first-order valence-electron chi connectivity index (χ1n) is 9.55. The van der Waals surface area contributed by atoms with Gasteiger partial charge in [0.2, 0.25) is 0 Å². The second-order valence-corrected chi connectivity index (χ2v) is 7.43. The molecule has 1 aliphatic rings. The molecule has 4 rings (SSSR count). The highest BCUT2D eigenvalue weighted by molar-refractivity contribution is 7.80. The minimum absolute atomic E-state index is 0.788. The van der Waals surface area contributed by atoms with Gasteiger partial charge in [-0.25, -0.2) is 0 Å². The Morgan fingerprint density at radius 2 is 1.52 bits per heavy atom. The van der Waals surface area contributed by atoms with E-state index in [9.17, 15) is 0 Å². The third kappa shape index (κ3) is 4.46. The normalized spacial score (nSPS) is 15.0. The predicted molar refractivity (Wildman–Crippen MR) is 117 cm³/mol. The number of fused-ring (bicyclic) bond motifs is 1. The first kappa shape index (κ1) is 18.0. The summed E-state index contributed by atoms with van der Waals surface area (Å²) in [4.78, 5) is 4.82. The average Bonchev–Trinajstić information content (AvgIpc) is 2.74. The zero-order valence-corrected chi connectivity index (χ0v) is 16.3. The Kier molecular flexibility index (Phi) is 5.66. The molecule has 0 atom stereocenters. The largest absolute Gasteiger partial charge is 0.358 e. The summed E-state index contributed by atoms with van der Waals surface area (Å²) in [5, 5.41) is 6.94. The molecule has 3 aromatic carbocycles. The molecule has 1 saturated heterocycles. The Morgan fingerprint density at radius 1 is 0.815 bits per heavy atom. The van der Waals surface area contributed by atoms with Crippen molar-refractivity contribution >= 4 is 28.1 Å². The van der Waals surface area contributed by atoms with Crippen LogP contribution in [0.15, 0.2) is 72.8 Å². The van der Waals surface area contributed by atoms with Crippen LogP contribution in [0.5, 0.6) is 0 Å². The third-order valence-electron chi connectivity index (χ3n) is 5.22. The van der Waals surface area contributed by atoms with E-state index in [4.69, 9.17) is 12.2 Å². The molecule has 3 aromatic rings. The number of thiocarbonyl (C=S) groups is 1. The lowest BCUT2D eigenvalue weighted by Crippen LogP contribution is -2.51. The van der Waals surface area contributed by atoms with Crippen LogP contribution in [0.4, 0.5) is 0 Å². The van der Waals surface area contributed by atoms with Crippen LogP contribution in [-0.2, 0) is 13.1 Å². The van der Waals surface area contributed by atoms with Gasteiger partial charge < -0.3 is 10.2 Å². The highest BCUT2D eigenvalue weighted by atomic mass is 32.1. The number of hydrogen-bond donors (Lipinski definition) is 1. The van der Waals surface area contributed by atoms with E-state index in [2.05, 4.69) is 81.8 Å². The molecule has 1 heterocycles. The van der Waals surface area contributed by atoms with E-state index < -0.39 is 0 Å². The Morgan fingerprint density at radius 3 is 2.33 bits per heavy atom. The molecule has 0 aromatic heterocycles. The van der Waals surface area contributed by atoms with Crippen molar-refractivity contribution in [3.8, 4) is 0 Å².